The fourth-order valence-electron chi connectivity index (χ4n) is 1.44. The average Bonchev–Trinajstić information content (AvgIpc) is 2.55. The maximum atomic E-state index is 4.01. The van der Waals surface area contributed by atoms with Crippen molar-refractivity contribution in [2.75, 3.05) is 0 Å². The topological polar surface area (TPSA) is 17.8 Å². The normalized spacial score (nSPS) is 11.0. The third kappa shape index (κ3) is 4.71. The molecule has 0 saturated heterocycles. The summed E-state index contributed by atoms with van der Waals surface area (Å²) in [7, 11) is 0. The molecule has 74 valence electrons. The summed E-state index contributed by atoms with van der Waals surface area (Å²) in [5.74, 6) is 0.855. The van der Waals surface area contributed by atoms with Crippen LogP contribution in [0.25, 0.3) is 0 Å². The Bertz CT molecular complexity index is 202. The number of imidazole rings is 1. The number of nitrogens with zero attached hydrogens (tertiary/aromatic N) is 2. The molecule has 13 heavy (non-hydrogen) atoms. The molecule has 0 radical (unpaired) electrons. The van der Waals surface area contributed by atoms with Gasteiger partial charge in [-0.15, -0.1) is 0 Å². The molecule has 0 amide bonds. The zero-order chi connectivity index (χ0) is 9.52. The molecule has 1 heterocycles. The first-order chi connectivity index (χ1) is 6.29. The van der Waals surface area contributed by atoms with E-state index in [1.807, 2.05) is 18.7 Å². The van der Waals surface area contributed by atoms with Gasteiger partial charge in [0.05, 0.1) is 6.33 Å². The molecule has 0 spiro atoms. The molecule has 0 N–H and O–H groups in total. The molecule has 0 aromatic carbocycles. The lowest BCUT2D eigenvalue weighted by molar-refractivity contribution is 0.507. The molecular formula is C11H20N2. The largest absolute Gasteiger partial charge is 0.337 e. The van der Waals surface area contributed by atoms with E-state index in [9.17, 15) is 0 Å². The standard InChI is InChI=1S/C11H20N2/c1-11(2)6-4-3-5-8-13-9-7-12-10-13/h7,9-11H,3-6,8H2,1-2H3. The molecule has 0 aliphatic carbocycles. The Hall–Kier alpha value is -0.790. The number of rotatable bonds is 6. The van der Waals surface area contributed by atoms with Crippen molar-refractivity contribution in [3.05, 3.63) is 18.7 Å². The van der Waals surface area contributed by atoms with Crippen LogP contribution in [-0.4, -0.2) is 9.55 Å². The van der Waals surface area contributed by atoms with Crippen molar-refractivity contribution in [1.82, 2.24) is 9.55 Å². The molecule has 0 fully saturated rings. The highest BCUT2D eigenvalue weighted by Crippen LogP contribution is 2.08. The molecule has 0 bridgehead atoms. The number of hydrogen-bond donors (Lipinski definition) is 0. The summed E-state index contributed by atoms with van der Waals surface area (Å²) in [6.45, 7) is 5.70. The van der Waals surface area contributed by atoms with E-state index in [4.69, 9.17) is 0 Å². The van der Waals surface area contributed by atoms with Crippen LogP contribution in [0.3, 0.4) is 0 Å². The van der Waals surface area contributed by atoms with Crippen LogP contribution in [0, 0.1) is 5.92 Å². The molecule has 1 aromatic heterocycles. The van der Waals surface area contributed by atoms with Crippen LogP contribution >= 0.6 is 0 Å². The predicted octanol–water partition coefficient (Wildman–Crippen LogP) is 3.10. The van der Waals surface area contributed by atoms with Crippen molar-refractivity contribution in [3.63, 3.8) is 0 Å². The lowest BCUT2D eigenvalue weighted by atomic mass is 10.1. The number of unbranched alkanes of at least 4 members (excludes halogenated alkanes) is 2. The quantitative estimate of drug-likeness (QED) is 0.615. The molecule has 0 aliphatic heterocycles. The van der Waals surface area contributed by atoms with Crippen molar-refractivity contribution in [2.45, 2.75) is 46.1 Å². The lowest BCUT2D eigenvalue weighted by Crippen LogP contribution is -1.94. The van der Waals surface area contributed by atoms with Gasteiger partial charge < -0.3 is 4.57 Å². The minimum Gasteiger partial charge on any atom is -0.337 e. The summed E-state index contributed by atoms with van der Waals surface area (Å²) in [6, 6.07) is 0. The third-order valence-electron chi connectivity index (χ3n) is 2.26. The molecule has 2 heteroatoms. The van der Waals surface area contributed by atoms with Crippen molar-refractivity contribution >= 4 is 0 Å². The second kappa shape index (κ2) is 5.79. The highest BCUT2D eigenvalue weighted by molar-refractivity contribution is 4.73. The number of hydrogen-bond acceptors (Lipinski definition) is 1. The van der Waals surface area contributed by atoms with E-state index in [-0.39, 0.29) is 0 Å². The van der Waals surface area contributed by atoms with Crippen LogP contribution in [0.15, 0.2) is 18.7 Å². The molecule has 1 aromatic rings. The van der Waals surface area contributed by atoms with E-state index in [0.717, 1.165) is 12.5 Å². The SMILES string of the molecule is CC(C)CCCCCn1ccnc1. The van der Waals surface area contributed by atoms with Gasteiger partial charge in [0.15, 0.2) is 0 Å². The van der Waals surface area contributed by atoms with Gasteiger partial charge >= 0.3 is 0 Å². The highest BCUT2D eigenvalue weighted by Gasteiger charge is 1.94. The first-order valence-corrected chi connectivity index (χ1v) is 5.25. The van der Waals surface area contributed by atoms with Gasteiger partial charge in [0.25, 0.3) is 0 Å². The van der Waals surface area contributed by atoms with Crippen molar-refractivity contribution in [2.24, 2.45) is 5.92 Å². The first kappa shape index (κ1) is 10.3. The number of aromatic nitrogens is 2. The zero-order valence-electron chi connectivity index (χ0n) is 8.74. The summed E-state index contributed by atoms with van der Waals surface area (Å²) in [5, 5.41) is 0. The van der Waals surface area contributed by atoms with Crippen molar-refractivity contribution < 1.29 is 0 Å². The van der Waals surface area contributed by atoms with Crippen LogP contribution in [0.1, 0.15) is 39.5 Å². The Morgan fingerprint density at radius 3 is 2.69 bits per heavy atom. The predicted molar refractivity (Wildman–Crippen MR) is 55.5 cm³/mol. The van der Waals surface area contributed by atoms with Gasteiger partial charge in [-0.05, 0) is 12.3 Å². The molecule has 0 unspecified atom stereocenters. The Kier molecular flexibility index (Phi) is 4.58. The van der Waals surface area contributed by atoms with Crippen LogP contribution in [0.5, 0.6) is 0 Å². The summed E-state index contributed by atoms with van der Waals surface area (Å²) in [5.41, 5.74) is 0. The second-order valence-electron chi connectivity index (χ2n) is 4.04. The smallest absolute Gasteiger partial charge is 0.0945 e. The Labute approximate surface area is 81.0 Å². The summed E-state index contributed by atoms with van der Waals surface area (Å²) < 4.78 is 2.15. The van der Waals surface area contributed by atoms with E-state index in [1.54, 1.807) is 0 Å². The van der Waals surface area contributed by atoms with E-state index in [2.05, 4.69) is 23.4 Å². The molecule has 2 nitrogen and oxygen atoms in total. The van der Waals surface area contributed by atoms with E-state index < -0.39 is 0 Å². The monoisotopic (exact) mass is 180 g/mol. The fourth-order valence-corrected chi connectivity index (χ4v) is 1.44. The molecule has 0 saturated carbocycles. The van der Waals surface area contributed by atoms with Gasteiger partial charge in [-0.3, -0.25) is 0 Å². The van der Waals surface area contributed by atoms with E-state index in [1.165, 1.54) is 25.7 Å². The van der Waals surface area contributed by atoms with Gasteiger partial charge in [-0.25, -0.2) is 4.98 Å². The Morgan fingerprint density at radius 2 is 2.08 bits per heavy atom. The number of aryl methyl sites for hydroxylation is 1. The van der Waals surface area contributed by atoms with Gasteiger partial charge in [0, 0.05) is 18.9 Å². The minimum absolute atomic E-state index is 0.855. The molecule has 1 rings (SSSR count). The van der Waals surface area contributed by atoms with Crippen LogP contribution in [0.2, 0.25) is 0 Å². The van der Waals surface area contributed by atoms with Gasteiger partial charge in [-0.2, -0.15) is 0 Å². The zero-order valence-corrected chi connectivity index (χ0v) is 8.74. The summed E-state index contributed by atoms with van der Waals surface area (Å²) >= 11 is 0. The van der Waals surface area contributed by atoms with Gasteiger partial charge in [0.2, 0.25) is 0 Å². The van der Waals surface area contributed by atoms with Gasteiger partial charge in [0.1, 0.15) is 0 Å². The molecule has 0 atom stereocenters. The van der Waals surface area contributed by atoms with Gasteiger partial charge in [-0.1, -0.05) is 33.1 Å². The van der Waals surface area contributed by atoms with Crippen molar-refractivity contribution in [1.29, 1.82) is 0 Å². The first-order valence-electron chi connectivity index (χ1n) is 5.25. The minimum atomic E-state index is 0.855. The van der Waals surface area contributed by atoms with E-state index in [0.29, 0.717) is 0 Å². The van der Waals surface area contributed by atoms with Crippen LogP contribution < -0.4 is 0 Å². The van der Waals surface area contributed by atoms with E-state index >= 15 is 0 Å². The lowest BCUT2D eigenvalue weighted by Gasteiger charge is -2.04. The fraction of sp³-hybridized carbons (Fsp3) is 0.727. The molecule has 0 aliphatic rings. The average molecular weight is 180 g/mol. The maximum Gasteiger partial charge on any atom is 0.0945 e. The molecular weight excluding hydrogens is 160 g/mol. The maximum absolute atomic E-state index is 4.01. The Balaban J connectivity index is 1.96. The third-order valence-corrected chi connectivity index (χ3v) is 2.26. The Morgan fingerprint density at radius 1 is 1.23 bits per heavy atom. The summed E-state index contributed by atoms with van der Waals surface area (Å²) in [4.78, 5) is 4.01. The van der Waals surface area contributed by atoms with Crippen molar-refractivity contribution in [3.8, 4) is 0 Å². The summed E-state index contributed by atoms with van der Waals surface area (Å²) in [6.07, 6.45) is 11.1. The second-order valence-corrected chi connectivity index (χ2v) is 4.04. The van der Waals surface area contributed by atoms with Crippen LogP contribution in [0.4, 0.5) is 0 Å². The van der Waals surface area contributed by atoms with Crippen LogP contribution in [-0.2, 0) is 6.54 Å². The highest BCUT2D eigenvalue weighted by atomic mass is 15.0.